The van der Waals surface area contributed by atoms with Gasteiger partial charge in [-0.15, -0.1) is 0 Å². The van der Waals surface area contributed by atoms with Crippen molar-refractivity contribution in [3.8, 4) is 5.75 Å². The van der Waals surface area contributed by atoms with Crippen molar-refractivity contribution in [2.24, 2.45) is 0 Å². The van der Waals surface area contributed by atoms with Gasteiger partial charge in [-0.05, 0) is 43.7 Å². The van der Waals surface area contributed by atoms with Crippen molar-refractivity contribution >= 4 is 17.4 Å². The molecule has 1 unspecified atom stereocenters. The standard InChI is InChI=1S/C15H17ClN2O/c1-3-19-14-8-5-9-17-15(14)18-11(2)12-6-4-7-13(16)10-12/h4-11H,3H2,1-2H3,(H,17,18). The zero-order valence-corrected chi connectivity index (χ0v) is 11.8. The van der Waals surface area contributed by atoms with Gasteiger partial charge >= 0.3 is 0 Å². The Labute approximate surface area is 118 Å². The van der Waals surface area contributed by atoms with E-state index in [1.54, 1.807) is 6.20 Å². The van der Waals surface area contributed by atoms with Gasteiger partial charge in [0.25, 0.3) is 0 Å². The second-order valence-corrected chi connectivity index (χ2v) is 4.64. The minimum atomic E-state index is 0.104. The highest BCUT2D eigenvalue weighted by Gasteiger charge is 2.10. The minimum Gasteiger partial charge on any atom is -0.490 e. The normalized spacial score (nSPS) is 11.9. The molecule has 0 amide bonds. The summed E-state index contributed by atoms with van der Waals surface area (Å²) in [5.41, 5.74) is 1.11. The Morgan fingerprint density at radius 3 is 2.89 bits per heavy atom. The van der Waals surface area contributed by atoms with Crippen molar-refractivity contribution in [2.45, 2.75) is 19.9 Å². The molecule has 1 N–H and O–H groups in total. The molecular weight excluding hydrogens is 260 g/mol. The first-order valence-corrected chi connectivity index (χ1v) is 6.68. The molecule has 2 rings (SSSR count). The van der Waals surface area contributed by atoms with Crippen LogP contribution in [-0.2, 0) is 0 Å². The van der Waals surface area contributed by atoms with Crippen molar-refractivity contribution < 1.29 is 4.74 Å². The summed E-state index contributed by atoms with van der Waals surface area (Å²) >= 11 is 6.00. The average molecular weight is 277 g/mol. The van der Waals surface area contributed by atoms with Crippen molar-refractivity contribution in [3.05, 3.63) is 53.2 Å². The van der Waals surface area contributed by atoms with Crippen molar-refractivity contribution in [1.82, 2.24) is 4.98 Å². The summed E-state index contributed by atoms with van der Waals surface area (Å²) in [5.74, 6) is 1.51. The first-order chi connectivity index (χ1) is 9.20. The Morgan fingerprint density at radius 2 is 2.16 bits per heavy atom. The Kier molecular flexibility index (Phi) is 4.63. The molecule has 1 aromatic heterocycles. The van der Waals surface area contributed by atoms with Crippen LogP contribution in [0.1, 0.15) is 25.5 Å². The smallest absolute Gasteiger partial charge is 0.169 e. The number of halogens is 1. The molecule has 0 saturated carbocycles. The number of benzene rings is 1. The minimum absolute atomic E-state index is 0.104. The highest BCUT2D eigenvalue weighted by Crippen LogP contribution is 2.26. The SMILES string of the molecule is CCOc1cccnc1NC(C)c1cccc(Cl)c1. The molecule has 0 bridgehead atoms. The predicted octanol–water partition coefficient (Wildman–Crippen LogP) is 4.31. The molecule has 2 aromatic rings. The number of nitrogens with zero attached hydrogens (tertiary/aromatic N) is 1. The highest BCUT2D eigenvalue weighted by atomic mass is 35.5. The monoisotopic (exact) mass is 276 g/mol. The van der Waals surface area contributed by atoms with Gasteiger partial charge in [0.05, 0.1) is 12.6 Å². The second-order valence-electron chi connectivity index (χ2n) is 4.20. The Balaban J connectivity index is 2.16. The fourth-order valence-corrected chi connectivity index (χ4v) is 2.03. The molecule has 1 heterocycles. The molecular formula is C15H17ClN2O. The maximum absolute atomic E-state index is 6.00. The van der Waals surface area contributed by atoms with Gasteiger partial charge in [-0.2, -0.15) is 0 Å². The lowest BCUT2D eigenvalue weighted by atomic mass is 10.1. The number of hydrogen-bond acceptors (Lipinski definition) is 3. The summed E-state index contributed by atoms with van der Waals surface area (Å²) in [5, 5.41) is 4.08. The van der Waals surface area contributed by atoms with Crippen LogP contribution in [0.3, 0.4) is 0 Å². The summed E-state index contributed by atoms with van der Waals surface area (Å²) in [6, 6.07) is 11.7. The van der Waals surface area contributed by atoms with Crippen molar-refractivity contribution in [2.75, 3.05) is 11.9 Å². The van der Waals surface area contributed by atoms with E-state index >= 15 is 0 Å². The van der Waals surface area contributed by atoms with Crippen LogP contribution < -0.4 is 10.1 Å². The quantitative estimate of drug-likeness (QED) is 0.884. The Morgan fingerprint density at radius 1 is 1.32 bits per heavy atom. The highest BCUT2D eigenvalue weighted by molar-refractivity contribution is 6.30. The molecule has 1 atom stereocenters. The maximum atomic E-state index is 6.00. The molecule has 4 heteroatoms. The number of rotatable bonds is 5. The molecule has 0 radical (unpaired) electrons. The van der Waals surface area contributed by atoms with Crippen LogP contribution in [0.15, 0.2) is 42.6 Å². The van der Waals surface area contributed by atoms with E-state index in [0.717, 1.165) is 22.2 Å². The number of ether oxygens (including phenoxy) is 1. The third-order valence-electron chi connectivity index (χ3n) is 2.77. The summed E-state index contributed by atoms with van der Waals surface area (Å²) in [6.07, 6.45) is 1.75. The third kappa shape index (κ3) is 3.61. The lowest BCUT2D eigenvalue weighted by molar-refractivity contribution is 0.340. The van der Waals surface area contributed by atoms with E-state index in [-0.39, 0.29) is 6.04 Å². The molecule has 19 heavy (non-hydrogen) atoms. The van der Waals surface area contributed by atoms with Gasteiger partial charge in [-0.3, -0.25) is 0 Å². The van der Waals surface area contributed by atoms with Gasteiger partial charge in [-0.1, -0.05) is 23.7 Å². The Bertz CT molecular complexity index is 545. The van der Waals surface area contributed by atoms with Crippen LogP contribution in [0.25, 0.3) is 0 Å². The number of pyridine rings is 1. The number of aromatic nitrogens is 1. The molecule has 0 spiro atoms. The first kappa shape index (κ1) is 13.7. The second kappa shape index (κ2) is 6.43. The van der Waals surface area contributed by atoms with Gasteiger partial charge in [0.15, 0.2) is 11.6 Å². The maximum Gasteiger partial charge on any atom is 0.169 e. The third-order valence-corrected chi connectivity index (χ3v) is 3.01. The van der Waals surface area contributed by atoms with Gasteiger partial charge in [0.1, 0.15) is 0 Å². The molecule has 0 saturated heterocycles. The van der Waals surface area contributed by atoms with E-state index in [0.29, 0.717) is 6.61 Å². The van der Waals surface area contributed by atoms with E-state index < -0.39 is 0 Å². The molecule has 1 aromatic carbocycles. The molecule has 3 nitrogen and oxygen atoms in total. The topological polar surface area (TPSA) is 34.1 Å². The number of nitrogens with one attached hydrogen (secondary N) is 1. The summed E-state index contributed by atoms with van der Waals surface area (Å²) in [4.78, 5) is 4.32. The number of hydrogen-bond donors (Lipinski definition) is 1. The first-order valence-electron chi connectivity index (χ1n) is 6.30. The predicted molar refractivity (Wildman–Crippen MR) is 78.9 cm³/mol. The summed E-state index contributed by atoms with van der Waals surface area (Å²) in [7, 11) is 0. The zero-order valence-electron chi connectivity index (χ0n) is 11.1. The van der Waals surface area contributed by atoms with Crippen LogP contribution in [-0.4, -0.2) is 11.6 Å². The van der Waals surface area contributed by atoms with Crippen LogP contribution >= 0.6 is 11.6 Å². The zero-order chi connectivity index (χ0) is 13.7. The lowest BCUT2D eigenvalue weighted by Gasteiger charge is -2.17. The summed E-state index contributed by atoms with van der Waals surface area (Å²) in [6.45, 7) is 4.64. The van der Waals surface area contributed by atoms with Crippen LogP contribution in [0, 0.1) is 0 Å². The van der Waals surface area contributed by atoms with Gasteiger partial charge < -0.3 is 10.1 Å². The van der Waals surface area contributed by atoms with Crippen LogP contribution in [0.2, 0.25) is 5.02 Å². The molecule has 0 fully saturated rings. The fraction of sp³-hybridized carbons (Fsp3) is 0.267. The van der Waals surface area contributed by atoms with E-state index in [4.69, 9.17) is 16.3 Å². The lowest BCUT2D eigenvalue weighted by Crippen LogP contribution is -2.09. The average Bonchev–Trinajstić information content (AvgIpc) is 2.41. The van der Waals surface area contributed by atoms with E-state index in [2.05, 4.69) is 17.2 Å². The molecule has 0 aliphatic carbocycles. The van der Waals surface area contributed by atoms with Gasteiger partial charge in [0, 0.05) is 11.2 Å². The van der Waals surface area contributed by atoms with E-state index in [1.165, 1.54) is 0 Å². The van der Waals surface area contributed by atoms with Crippen molar-refractivity contribution in [1.29, 1.82) is 0 Å². The molecule has 0 aliphatic rings. The fourth-order valence-electron chi connectivity index (χ4n) is 1.84. The number of anilines is 1. The van der Waals surface area contributed by atoms with Crippen LogP contribution in [0.4, 0.5) is 5.82 Å². The van der Waals surface area contributed by atoms with E-state index in [9.17, 15) is 0 Å². The summed E-state index contributed by atoms with van der Waals surface area (Å²) < 4.78 is 5.55. The van der Waals surface area contributed by atoms with Crippen LogP contribution in [0.5, 0.6) is 5.75 Å². The van der Waals surface area contributed by atoms with Gasteiger partial charge in [-0.25, -0.2) is 4.98 Å². The Hall–Kier alpha value is -1.74. The molecule has 100 valence electrons. The van der Waals surface area contributed by atoms with E-state index in [1.807, 2.05) is 43.3 Å². The van der Waals surface area contributed by atoms with Gasteiger partial charge in [0.2, 0.25) is 0 Å². The van der Waals surface area contributed by atoms with Crippen molar-refractivity contribution in [3.63, 3.8) is 0 Å². The largest absolute Gasteiger partial charge is 0.490 e. The molecule has 0 aliphatic heterocycles.